The summed E-state index contributed by atoms with van der Waals surface area (Å²) in [5, 5.41) is 17.5. The molecule has 0 aliphatic heterocycles. The second kappa shape index (κ2) is 7.69. The molecule has 114 valence electrons. The van der Waals surface area contributed by atoms with Crippen LogP contribution in [-0.2, 0) is 0 Å². The first-order valence-corrected chi connectivity index (χ1v) is 7.64. The number of phenolic OH excluding ortho intramolecular Hbond substituents is 1. The van der Waals surface area contributed by atoms with E-state index >= 15 is 0 Å². The number of benzene rings is 2. The number of hydrogen-bond donors (Lipinski definition) is 4. The largest absolute Gasteiger partial charge is 0.506 e. The maximum Gasteiger partial charge on any atom is 0.191 e. The van der Waals surface area contributed by atoms with E-state index in [0.717, 1.165) is 10.6 Å². The first-order chi connectivity index (χ1) is 10.5. The van der Waals surface area contributed by atoms with E-state index in [0.29, 0.717) is 15.7 Å². The van der Waals surface area contributed by atoms with E-state index in [9.17, 15) is 5.11 Å². The lowest BCUT2D eigenvalue weighted by molar-refractivity contribution is 0.474. The molecule has 0 saturated carbocycles. The minimum atomic E-state index is -0.0973. The number of hydrogen-bond acceptors (Lipinski definition) is 4. The van der Waals surface area contributed by atoms with E-state index in [1.165, 1.54) is 18.3 Å². The second-order valence-electron chi connectivity index (χ2n) is 4.20. The van der Waals surface area contributed by atoms with Gasteiger partial charge in [0.25, 0.3) is 0 Å². The Kier molecular flexibility index (Phi) is 5.90. The van der Waals surface area contributed by atoms with Crippen LogP contribution in [-0.4, -0.2) is 16.4 Å². The molecule has 8 heteroatoms. The molecule has 3 N–H and O–H groups in total. The first kappa shape index (κ1) is 16.9. The lowest BCUT2D eigenvalue weighted by Crippen LogP contribution is -2.23. The van der Waals surface area contributed by atoms with Gasteiger partial charge in [-0.05, 0) is 48.6 Å². The number of phenols is 1. The summed E-state index contributed by atoms with van der Waals surface area (Å²) in [4.78, 5) is 0.857. The number of nitrogens with zero attached hydrogens (tertiary/aromatic N) is 1. The van der Waals surface area contributed by atoms with Crippen molar-refractivity contribution in [3.8, 4) is 5.75 Å². The molecule has 2 rings (SSSR count). The third kappa shape index (κ3) is 4.78. The fourth-order valence-electron chi connectivity index (χ4n) is 1.55. The summed E-state index contributed by atoms with van der Waals surface area (Å²) in [5.74, 6) is -0.0973. The minimum absolute atomic E-state index is 0.0973. The van der Waals surface area contributed by atoms with Gasteiger partial charge < -0.3 is 10.4 Å². The molecular formula is C14H11Cl2N3OS2. The molecule has 0 amide bonds. The molecular weight excluding hydrogens is 361 g/mol. The van der Waals surface area contributed by atoms with Crippen LogP contribution in [0.1, 0.15) is 5.56 Å². The number of nitrogens with one attached hydrogen (secondary N) is 2. The van der Waals surface area contributed by atoms with E-state index in [1.807, 2.05) is 24.3 Å². The molecule has 0 spiro atoms. The van der Waals surface area contributed by atoms with Crippen molar-refractivity contribution in [3.63, 3.8) is 0 Å². The van der Waals surface area contributed by atoms with Crippen molar-refractivity contribution in [2.24, 2.45) is 5.10 Å². The Labute approximate surface area is 148 Å². The average molecular weight is 372 g/mol. The summed E-state index contributed by atoms with van der Waals surface area (Å²) < 4.78 is 0. The fraction of sp³-hybridized carbons (Fsp3) is 0. The summed E-state index contributed by atoms with van der Waals surface area (Å²) >= 11 is 21.0. The van der Waals surface area contributed by atoms with Gasteiger partial charge in [-0.3, -0.25) is 5.43 Å². The highest BCUT2D eigenvalue weighted by molar-refractivity contribution is 7.80. The van der Waals surface area contributed by atoms with Crippen molar-refractivity contribution >= 4 is 65.1 Å². The first-order valence-electron chi connectivity index (χ1n) is 6.03. The molecule has 0 unspecified atom stereocenters. The maximum absolute atomic E-state index is 9.78. The smallest absolute Gasteiger partial charge is 0.191 e. The molecule has 2 aromatic carbocycles. The normalized spacial score (nSPS) is 10.7. The predicted octanol–water partition coefficient (Wildman–Crippen LogP) is 4.31. The van der Waals surface area contributed by atoms with Gasteiger partial charge in [-0.15, -0.1) is 12.6 Å². The van der Waals surface area contributed by atoms with Gasteiger partial charge >= 0.3 is 0 Å². The van der Waals surface area contributed by atoms with Gasteiger partial charge in [-0.25, -0.2) is 0 Å². The van der Waals surface area contributed by atoms with Crippen LogP contribution in [0.3, 0.4) is 0 Å². The lowest BCUT2D eigenvalue weighted by Gasteiger charge is -2.07. The van der Waals surface area contributed by atoms with Gasteiger partial charge in [0.2, 0.25) is 0 Å². The lowest BCUT2D eigenvalue weighted by atomic mass is 10.2. The molecule has 0 radical (unpaired) electrons. The van der Waals surface area contributed by atoms with Gasteiger partial charge in [0.15, 0.2) is 5.11 Å². The number of rotatable bonds is 3. The zero-order chi connectivity index (χ0) is 16.1. The Morgan fingerprint density at radius 3 is 2.59 bits per heavy atom. The minimum Gasteiger partial charge on any atom is -0.506 e. The Morgan fingerprint density at radius 1 is 1.23 bits per heavy atom. The number of anilines is 1. The Balaban J connectivity index is 1.97. The number of hydrazone groups is 1. The number of aromatic hydroxyl groups is 1. The van der Waals surface area contributed by atoms with Crippen LogP contribution in [0.2, 0.25) is 10.0 Å². The standard InChI is InChI=1S/C14H11Cl2N3OS2/c15-9-5-8(13(20)12(16)6-9)7-17-19-14(22)18-10-1-3-11(21)4-2-10/h1-7,20-21H,(H2,18,19,22)/b17-7+. The van der Waals surface area contributed by atoms with Gasteiger partial charge in [-0.1, -0.05) is 23.2 Å². The monoisotopic (exact) mass is 371 g/mol. The van der Waals surface area contributed by atoms with E-state index in [1.54, 1.807) is 0 Å². The van der Waals surface area contributed by atoms with Crippen LogP contribution >= 0.6 is 48.0 Å². The quantitative estimate of drug-likeness (QED) is 0.281. The zero-order valence-corrected chi connectivity index (χ0v) is 14.3. The van der Waals surface area contributed by atoms with Crippen LogP contribution in [0.25, 0.3) is 0 Å². The summed E-state index contributed by atoms with van der Waals surface area (Å²) in [6.45, 7) is 0. The van der Waals surface area contributed by atoms with Gasteiger partial charge in [-0.2, -0.15) is 5.10 Å². The highest BCUT2D eigenvalue weighted by Crippen LogP contribution is 2.29. The molecule has 0 aliphatic carbocycles. The molecule has 4 nitrogen and oxygen atoms in total. The van der Waals surface area contributed by atoms with E-state index in [-0.39, 0.29) is 10.8 Å². The van der Waals surface area contributed by atoms with Crippen LogP contribution < -0.4 is 10.7 Å². The van der Waals surface area contributed by atoms with Crippen molar-refractivity contribution in [1.82, 2.24) is 5.43 Å². The highest BCUT2D eigenvalue weighted by atomic mass is 35.5. The van der Waals surface area contributed by atoms with Crippen LogP contribution in [0.15, 0.2) is 46.4 Å². The highest BCUT2D eigenvalue weighted by Gasteiger charge is 2.05. The maximum atomic E-state index is 9.78. The molecule has 0 aromatic heterocycles. The zero-order valence-electron chi connectivity index (χ0n) is 11.0. The van der Waals surface area contributed by atoms with E-state index in [4.69, 9.17) is 35.4 Å². The Bertz CT molecular complexity index is 721. The van der Waals surface area contributed by atoms with Crippen LogP contribution in [0, 0.1) is 0 Å². The Morgan fingerprint density at radius 2 is 1.91 bits per heavy atom. The summed E-state index contributed by atoms with van der Waals surface area (Å²) in [5.41, 5.74) is 3.82. The molecule has 0 aliphatic rings. The van der Waals surface area contributed by atoms with Crippen molar-refractivity contribution in [3.05, 3.63) is 52.0 Å². The fourth-order valence-corrected chi connectivity index (χ4v) is 2.38. The molecule has 0 atom stereocenters. The molecule has 22 heavy (non-hydrogen) atoms. The van der Waals surface area contributed by atoms with Crippen molar-refractivity contribution in [2.45, 2.75) is 4.90 Å². The van der Waals surface area contributed by atoms with E-state index in [2.05, 4.69) is 28.5 Å². The predicted molar refractivity (Wildman–Crippen MR) is 98.8 cm³/mol. The van der Waals surface area contributed by atoms with Crippen LogP contribution in [0.5, 0.6) is 5.75 Å². The van der Waals surface area contributed by atoms with Crippen molar-refractivity contribution in [2.75, 3.05) is 5.32 Å². The topological polar surface area (TPSA) is 56.7 Å². The molecule has 0 fully saturated rings. The number of thiocarbonyl (C=S) groups is 1. The molecule has 2 aromatic rings. The summed E-state index contributed by atoms with van der Waals surface area (Å²) in [7, 11) is 0. The second-order valence-corrected chi connectivity index (χ2v) is 5.96. The summed E-state index contributed by atoms with van der Waals surface area (Å²) in [6.07, 6.45) is 1.37. The van der Waals surface area contributed by atoms with Crippen molar-refractivity contribution in [1.29, 1.82) is 0 Å². The van der Waals surface area contributed by atoms with Gasteiger partial charge in [0, 0.05) is 21.2 Å². The SMILES string of the molecule is Oc1c(Cl)cc(Cl)cc1/C=N/NC(=S)Nc1ccc(S)cc1. The third-order valence-corrected chi connectivity index (χ3v) is 3.55. The summed E-state index contributed by atoms with van der Waals surface area (Å²) in [6, 6.07) is 10.3. The Hall–Kier alpha value is -1.47. The molecule has 0 heterocycles. The average Bonchev–Trinajstić information content (AvgIpc) is 2.46. The molecule has 0 bridgehead atoms. The number of halogens is 2. The van der Waals surface area contributed by atoms with E-state index < -0.39 is 0 Å². The number of thiol groups is 1. The third-order valence-electron chi connectivity index (χ3n) is 2.55. The van der Waals surface area contributed by atoms with Crippen molar-refractivity contribution < 1.29 is 5.11 Å². The van der Waals surface area contributed by atoms with Crippen LogP contribution in [0.4, 0.5) is 5.69 Å². The molecule has 0 saturated heterocycles. The van der Waals surface area contributed by atoms with Gasteiger partial charge in [0.05, 0.1) is 11.2 Å². The van der Waals surface area contributed by atoms with Gasteiger partial charge in [0.1, 0.15) is 5.75 Å².